The molecular weight excluding hydrogens is 244 g/mol. The standard InChI is InChI=1S/C18H22N2/c1-4-13-6-8-15(17(19)10-13)12(3)16-9-7-14(5-2)11-18(16)20/h6-11H,3-5,19-20H2,1-2H3. The minimum atomic E-state index is 0.758. The van der Waals surface area contributed by atoms with Crippen molar-refractivity contribution < 1.29 is 0 Å². The molecule has 20 heavy (non-hydrogen) atoms. The zero-order chi connectivity index (χ0) is 14.7. The van der Waals surface area contributed by atoms with Gasteiger partial charge in [-0.2, -0.15) is 0 Å². The summed E-state index contributed by atoms with van der Waals surface area (Å²) in [5, 5.41) is 0. The van der Waals surface area contributed by atoms with E-state index in [0.29, 0.717) is 0 Å². The molecule has 104 valence electrons. The molecule has 2 rings (SSSR count). The van der Waals surface area contributed by atoms with Crippen LogP contribution in [0.15, 0.2) is 43.0 Å². The molecule has 0 unspecified atom stereocenters. The Morgan fingerprint density at radius 2 is 1.25 bits per heavy atom. The van der Waals surface area contributed by atoms with E-state index in [0.717, 1.165) is 40.9 Å². The highest BCUT2D eigenvalue weighted by Gasteiger charge is 2.10. The molecule has 0 saturated carbocycles. The molecule has 0 radical (unpaired) electrons. The minimum Gasteiger partial charge on any atom is -0.398 e. The van der Waals surface area contributed by atoms with Crippen LogP contribution in [-0.2, 0) is 12.8 Å². The van der Waals surface area contributed by atoms with Gasteiger partial charge in [-0.25, -0.2) is 0 Å². The van der Waals surface area contributed by atoms with Crippen LogP contribution in [0.4, 0.5) is 11.4 Å². The van der Waals surface area contributed by atoms with E-state index in [4.69, 9.17) is 11.5 Å². The second kappa shape index (κ2) is 5.83. The lowest BCUT2D eigenvalue weighted by molar-refractivity contribution is 1.14. The van der Waals surface area contributed by atoms with Crippen molar-refractivity contribution in [2.24, 2.45) is 0 Å². The summed E-state index contributed by atoms with van der Waals surface area (Å²) in [5.41, 5.74) is 19.0. The highest BCUT2D eigenvalue weighted by Crippen LogP contribution is 2.31. The first kappa shape index (κ1) is 14.2. The molecule has 0 aliphatic rings. The predicted octanol–water partition coefficient (Wildman–Crippen LogP) is 4.04. The van der Waals surface area contributed by atoms with Crippen LogP contribution in [-0.4, -0.2) is 0 Å². The summed E-state index contributed by atoms with van der Waals surface area (Å²) in [6.45, 7) is 8.40. The van der Waals surface area contributed by atoms with Gasteiger partial charge in [0, 0.05) is 22.5 Å². The van der Waals surface area contributed by atoms with Crippen molar-refractivity contribution in [3.63, 3.8) is 0 Å². The Labute approximate surface area is 121 Å². The van der Waals surface area contributed by atoms with Gasteiger partial charge in [-0.1, -0.05) is 44.7 Å². The number of anilines is 2. The van der Waals surface area contributed by atoms with Crippen molar-refractivity contribution in [3.05, 3.63) is 65.2 Å². The van der Waals surface area contributed by atoms with E-state index in [1.165, 1.54) is 11.1 Å². The first-order valence-corrected chi connectivity index (χ1v) is 7.03. The molecule has 2 nitrogen and oxygen atoms in total. The van der Waals surface area contributed by atoms with E-state index in [2.05, 4.69) is 32.6 Å². The minimum absolute atomic E-state index is 0.758. The average molecular weight is 266 g/mol. The van der Waals surface area contributed by atoms with Crippen LogP contribution in [0.5, 0.6) is 0 Å². The van der Waals surface area contributed by atoms with Gasteiger partial charge in [0.2, 0.25) is 0 Å². The molecule has 0 heterocycles. The molecule has 2 aromatic rings. The largest absolute Gasteiger partial charge is 0.398 e. The van der Waals surface area contributed by atoms with E-state index in [1.54, 1.807) is 0 Å². The van der Waals surface area contributed by atoms with Gasteiger partial charge in [-0.15, -0.1) is 0 Å². The molecular formula is C18H22N2. The molecule has 0 aliphatic heterocycles. The Morgan fingerprint density at radius 3 is 1.55 bits per heavy atom. The lowest BCUT2D eigenvalue weighted by Gasteiger charge is -2.13. The third kappa shape index (κ3) is 2.69. The van der Waals surface area contributed by atoms with Gasteiger partial charge in [0.1, 0.15) is 0 Å². The molecule has 0 aromatic heterocycles. The van der Waals surface area contributed by atoms with Gasteiger partial charge in [0.05, 0.1) is 0 Å². The molecule has 0 aliphatic carbocycles. The molecule has 2 aromatic carbocycles. The van der Waals surface area contributed by atoms with Crippen LogP contribution in [0.1, 0.15) is 36.1 Å². The number of aryl methyl sites for hydroxylation is 2. The second-order valence-corrected chi connectivity index (χ2v) is 5.03. The summed E-state index contributed by atoms with van der Waals surface area (Å²) < 4.78 is 0. The smallest absolute Gasteiger partial charge is 0.0396 e. The Kier molecular flexibility index (Phi) is 4.14. The normalized spacial score (nSPS) is 10.5. The van der Waals surface area contributed by atoms with Crippen LogP contribution in [0, 0.1) is 0 Å². The van der Waals surface area contributed by atoms with Gasteiger partial charge < -0.3 is 11.5 Å². The highest BCUT2D eigenvalue weighted by atomic mass is 14.6. The van der Waals surface area contributed by atoms with Crippen molar-refractivity contribution in [1.29, 1.82) is 0 Å². The lowest BCUT2D eigenvalue weighted by Crippen LogP contribution is -1.99. The maximum absolute atomic E-state index is 6.14. The molecule has 0 bridgehead atoms. The van der Waals surface area contributed by atoms with Gasteiger partial charge in [0.15, 0.2) is 0 Å². The molecule has 0 fully saturated rings. The number of nitrogen functional groups attached to an aromatic ring is 2. The highest BCUT2D eigenvalue weighted by molar-refractivity contribution is 5.88. The topological polar surface area (TPSA) is 52.0 Å². The van der Waals surface area contributed by atoms with Crippen LogP contribution in [0.3, 0.4) is 0 Å². The maximum atomic E-state index is 6.14. The zero-order valence-corrected chi connectivity index (χ0v) is 12.2. The first-order chi connectivity index (χ1) is 9.56. The van der Waals surface area contributed by atoms with Gasteiger partial charge in [-0.3, -0.25) is 0 Å². The fraction of sp³-hybridized carbons (Fsp3) is 0.222. The monoisotopic (exact) mass is 266 g/mol. The summed E-state index contributed by atoms with van der Waals surface area (Å²) in [6, 6.07) is 12.3. The van der Waals surface area contributed by atoms with Crippen LogP contribution in [0.25, 0.3) is 5.57 Å². The molecule has 0 spiro atoms. The van der Waals surface area contributed by atoms with Crippen LogP contribution >= 0.6 is 0 Å². The lowest BCUT2D eigenvalue weighted by atomic mass is 9.94. The Bertz CT molecular complexity index is 586. The van der Waals surface area contributed by atoms with Crippen molar-refractivity contribution in [1.82, 2.24) is 0 Å². The van der Waals surface area contributed by atoms with Crippen molar-refractivity contribution in [3.8, 4) is 0 Å². The second-order valence-electron chi connectivity index (χ2n) is 5.03. The quantitative estimate of drug-likeness (QED) is 0.821. The number of rotatable bonds is 4. The van der Waals surface area contributed by atoms with E-state index < -0.39 is 0 Å². The SMILES string of the molecule is C=C(c1ccc(CC)cc1N)c1ccc(CC)cc1N. The van der Waals surface area contributed by atoms with E-state index >= 15 is 0 Å². The summed E-state index contributed by atoms with van der Waals surface area (Å²) in [5.74, 6) is 0. The van der Waals surface area contributed by atoms with E-state index in [1.807, 2.05) is 24.3 Å². The zero-order valence-electron chi connectivity index (χ0n) is 12.2. The molecule has 0 amide bonds. The summed E-state index contributed by atoms with van der Waals surface area (Å²) >= 11 is 0. The fourth-order valence-electron chi connectivity index (χ4n) is 2.36. The van der Waals surface area contributed by atoms with Crippen molar-refractivity contribution in [2.75, 3.05) is 11.5 Å². The van der Waals surface area contributed by atoms with E-state index in [-0.39, 0.29) is 0 Å². The van der Waals surface area contributed by atoms with Crippen molar-refractivity contribution in [2.45, 2.75) is 26.7 Å². The number of benzene rings is 2. The number of hydrogen-bond acceptors (Lipinski definition) is 2. The Hall–Kier alpha value is -2.22. The maximum Gasteiger partial charge on any atom is 0.0396 e. The van der Waals surface area contributed by atoms with Crippen molar-refractivity contribution >= 4 is 16.9 Å². The van der Waals surface area contributed by atoms with Crippen LogP contribution < -0.4 is 11.5 Å². The van der Waals surface area contributed by atoms with Crippen LogP contribution in [0.2, 0.25) is 0 Å². The van der Waals surface area contributed by atoms with E-state index in [9.17, 15) is 0 Å². The number of nitrogens with two attached hydrogens (primary N) is 2. The number of hydrogen-bond donors (Lipinski definition) is 2. The third-order valence-corrected chi connectivity index (χ3v) is 3.70. The summed E-state index contributed by atoms with van der Waals surface area (Å²) in [6.07, 6.45) is 1.95. The third-order valence-electron chi connectivity index (χ3n) is 3.70. The molecule has 0 saturated heterocycles. The Balaban J connectivity index is 2.41. The van der Waals surface area contributed by atoms with Gasteiger partial charge in [0.25, 0.3) is 0 Å². The van der Waals surface area contributed by atoms with Gasteiger partial charge in [-0.05, 0) is 41.7 Å². The molecule has 4 N–H and O–H groups in total. The summed E-state index contributed by atoms with van der Waals surface area (Å²) in [7, 11) is 0. The Morgan fingerprint density at radius 1 is 0.850 bits per heavy atom. The van der Waals surface area contributed by atoms with Gasteiger partial charge >= 0.3 is 0 Å². The molecule has 0 atom stereocenters. The average Bonchev–Trinajstić information content (AvgIpc) is 2.46. The summed E-state index contributed by atoms with van der Waals surface area (Å²) in [4.78, 5) is 0. The molecule has 2 heteroatoms. The first-order valence-electron chi connectivity index (χ1n) is 7.03. The predicted molar refractivity (Wildman–Crippen MR) is 88.6 cm³/mol. The fourth-order valence-corrected chi connectivity index (χ4v) is 2.36.